The van der Waals surface area contributed by atoms with E-state index in [-0.39, 0.29) is 11.8 Å². The summed E-state index contributed by atoms with van der Waals surface area (Å²) in [7, 11) is 1.65. The van der Waals surface area contributed by atoms with Crippen LogP contribution in [0.15, 0.2) is 85.1 Å². The number of aromatic nitrogens is 1. The molecular formula is C24H26N2O2. The van der Waals surface area contributed by atoms with Gasteiger partial charge in [0.05, 0.1) is 18.8 Å². The van der Waals surface area contributed by atoms with Crippen molar-refractivity contribution in [3.05, 3.63) is 102 Å². The molecule has 0 spiro atoms. The second-order valence-corrected chi connectivity index (χ2v) is 6.71. The maximum atomic E-state index is 13.3. The number of hydrogen-bond acceptors (Lipinski definition) is 3. The summed E-state index contributed by atoms with van der Waals surface area (Å²) in [6, 6.07) is 26.2. The fourth-order valence-corrected chi connectivity index (χ4v) is 3.28. The van der Waals surface area contributed by atoms with Gasteiger partial charge in [0.25, 0.3) is 0 Å². The predicted octanol–water partition coefficient (Wildman–Crippen LogP) is 4.28. The number of nitrogens with zero attached hydrogens (tertiary/aromatic N) is 2. The van der Waals surface area contributed by atoms with E-state index in [0.717, 1.165) is 16.8 Å². The van der Waals surface area contributed by atoms with Gasteiger partial charge in [-0.2, -0.15) is 0 Å². The van der Waals surface area contributed by atoms with E-state index < -0.39 is 0 Å². The molecule has 0 aliphatic heterocycles. The summed E-state index contributed by atoms with van der Waals surface area (Å²) < 4.78 is 5.22. The molecule has 1 amide bonds. The molecule has 2 aromatic carbocycles. The Morgan fingerprint density at radius 1 is 0.929 bits per heavy atom. The van der Waals surface area contributed by atoms with Gasteiger partial charge < -0.3 is 9.64 Å². The molecule has 0 bridgehead atoms. The number of carbonyl (C=O) groups excluding carboxylic acids is 1. The quantitative estimate of drug-likeness (QED) is 0.561. The second kappa shape index (κ2) is 10.4. The zero-order chi connectivity index (χ0) is 19.6. The average molecular weight is 374 g/mol. The van der Waals surface area contributed by atoms with Crippen LogP contribution >= 0.6 is 0 Å². The van der Waals surface area contributed by atoms with Crippen molar-refractivity contribution < 1.29 is 9.53 Å². The third-order valence-electron chi connectivity index (χ3n) is 4.78. The number of ether oxygens (including phenoxy) is 1. The Hall–Kier alpha value is -2.98. The Bertz CT molecular complexity index is 799. The molecule has 0 fully saturated rings. The first-order valence-electron chi connectivity index (χ1n) is 9.54. The Labute approximate surface area is 166 Å². The zero-order valence-electron chi connectivity index (χ0n) is 16.2. The third kappa shape index (κ3) is 5.51. The van der Waals surface area contributed by atoms with E-state index >= 15 is 0 Å². The lowest BCUT2D eigenvalue weighted by molar-refractivity contribution is -0.132. The monoisotopic (exact) mass is 374 g/mol. The van der Waals surface area contributed by atoms with Gasteiger partial charge in [0.15, 0.2) is 0 Å². The van der Waals surface area contributed by atoms with Crippen LogP contribution in [0.2, 0.25) is 0 Å². The van der Waals surface area contributed by atoms with Crippen LogP contribution in [0.1, 0.15) is 29.2 Å². The van der Waals surface area contributed by atoms with Crippen LogP contribution in [0, 0.1) is 0 Å². The van der Waals surface area contributed by atoms with E-state index in [1.807, 2.05) is 59.5 Å². The van der Waals surface area contributed by atoms with Crippen LogP contribution < -0.4 is 0 Å². The maximum absolute atomic E-state index is 13.3. The summed E-state index contributed by atoms with van der Waals surface area (Å²) in [5.41, 5.74) is 3.17. The molecular weight excluding hydrogens is 348 g/mol. The molecule has 144 valence electrons. The Morgan fingerprint density at radius 3 is 2.07 bits per heavy atom. The van der Waals surface area contributed by atoms with Crippen molar-refractivity contribution in [2.24, 2.45) is 0 Å². The first-order valence-corrected chi connectivity index (χ1v) is 9.54. The summed E-state index contributed by atoms with van der Waals surface area (Å²) >= 11 is 0. The average Bonchev–Trinajstić information content (AvgIpc) is 2.76. The van der Waals surface area contributed by atoms with Gasteiger partial charge in [-0.3, -0.25) is 9.78 Å². The summed E-state index contributed by atoms with van der Waals surface area (Å²) in [6.45, 7) is 1.53. The second-order valence-electron chi connectivity index (χ2n) is 6.71. The van der Waals surface area contributed by atoms with Gasteiger partial charge in [0.2, 0.25) is 5.91 Å². The van der Waals surface area contributed by atoms with Crippen LogP contribution in [0.4, 0.5) is 0 Å². The summed E-state index contributed by atoms with van der Waals surface area (Å²) in [6.07, 6.45) is 2.16. The highest BCUT2D eigenvalue weighted by Crippen LogP contribution is 2.28. The van der Waals surface area contributed by atoms with Crippen LogP contribution in [-0.4, -0.2) is 36.1 Å². The van der Waals surface area contributed by atoms with E-state index in [1.165, 1.54) is 0 Å². The molecule has 0 aliphatic carbocycles. The molecule has 28 heavy (non-hydrogen) atoms. The Morgan fingerprint density at radius 2 is 1.54 bits per heavy atom. The van der Waals surface area contributed by atoms with Crippen molar-refractivity contribution in [1.29, 1.82) is 0 Å². The van der Waals surface area contributed by atoms with E-state index in [0.29, 0.717) is 26.1 Å². The Balaban J connectivity index is 1.81. The van der Waals surface area contributed by atoms with E-state index in [9.17, 15) is 4.79 Å². The normalized spacial score (nSPS) is 10.8. The molecule has 0 saturated heterocycles. The molecule has 0 aliphatic rings. The molecule has 0 radical (unpaired) electrons. The number of hydrogen-bond donors (Lipinski definition) is 0. The lowest BCUT2D eigenvalue weighted by Gasteiger charge is -2.25. The fourth-order valence-electron chi connectivity index (χ4n) is 3.28. The molecule has 1 aromatic heterocycles. The van der Waals surface area contributed by atoms with Crippen molar-refractivity contribution >= 4 is 5.91 Å². The van der Waals surface area contributed by atoms with E-state index in [2.05, 4.69) is 29.2 Å². The topological polar surface area (TPSA) is 42.4 Å². The highest BCUT2D eigenvalue weighted by atomic mass is 16.5. The van der Waals surface area contributed by atoms with Gasteiger partial charge in [-0.25, -0.2) is 0 Å². The first kappa shape index (κ1) is 19.8. The smallest absolute Gasteiger partial charge is 0.223 e. The van der Waals surface area contributed by atoms with E-state index in [4.69, 9.17) is 4.74 Å². The molecule has 1 heterocycles. The molecule has 3 aromatic rings. The summed E-state index contributed by atoms with van der Waals surface area (Å²) in [4.78, 5) is 19.5. The zero-order valence-corrected chi connectivity index (χ0v) is 16.2. The summed E-state index contributed by atoms with van der Waals surface area (Å²) in [5, 5.41) is 0. The van der Waals surface area contributed by atoms with Crippen LogP contribution in [0.5, 0.6) is 0 Å². The molecule has 0 N–H and O–H groups in total. The van der Waals surface area contributed by atoms with E-state index in [1.54, 1.807) is 13.3 Å². The van der Waals surface area contributed by atoms with Gasteiger partial charge in [-0.15, -0.1) is 0 Å². The minimum absolute atomic E-state index is 0.0173. The van der Waals surface area contributed by atoms with Crippen LogP contribution in [-0.2, 0) is 16.1 Å². The van der Waals surface area contributed by atoms with Crippen molar-refractivity contribution in [3.8, 4) is 0 Å². The summed E-state index contributed by atoms with van der Waals surface area (Å²) in [5.74, 6) is 0.115. The lowest BCUT2D eigenvalue weighted by atomic mass is 9.88. The standard InChI is InChI=1S/C24H26N2O2/c1-28-17-16-26(19-22-14-8-9-15-25-22)24(27)18-23(20-10-4-2-5-11-20)21-12-6-3-7-13-21/h2-15,23H,16-19H2,1H3. The minimum Gasteiger partial charge on any atom is -0.383 e. The van der Waals surface area contributed by atoms with Crippen molar-refractivity contribution in [1.82, 2.24) is 9.88 Å². The number of rotatable bonds is 9. The molecule has 0 atom stereocenters. The largest absolute Gasteiger partial charge is 0.383 e. The lowest BCUT2D eigenvalue weighted by Crippen LogP contribution is -2.34. The predicted molar refractivity (Wildman–Crippen MR) is 111 cm³/mol. The third-order valence-corrected chi connectivity index (χ3v) is 4.78. The maximum Gasteiger partial charge on any atom is 0.223 e. The number of pyridine rings is 1. The fraction of sp³-hybridized carbons (Fsp3) is 0.250. The van der Waals surface area contributed by atoms with Crippen molar-refractivity contribution in [3.63, 3.8) is 0 Å². The van der Waals surface area contributed by atoms with Crippen LogP contribution in [0.3, 0.4) is 0 Å². The first-order chi connectivity index (χ1) is 13.8. The van der Waals surface area contributed by atoms with Gasteiger partial charge in [0.1, 0.15) is 0 Å². The van der Waals surface area contributed by atoms with Crippen molar-refractivity contribution in [2.75, 3.05) is 20.3 Å². The molecule has 3 rings (SSSR count). The highest BCUT2D eigenvalue weighted by molar-refractivity contribution is 5.77. The highest BCUT2D eigenvalue weighted by Gasteiger charge is 2.22. The number of methoxy groups -OCH3 is 1. The van der Waals surface area contributed by atoms with Gasteiger partial charge in [-0.1, -0.05) is 66.7 Å². The SMILES string of the molecule is COCCN(Cc1ccccn1)C(=O)CC(c1ccccc1)c1ccccc1. The number of carbonyl (C=O) groups is 1. The van der Waals surface area contributed by atoms with Crippen LogP contribution in [0.25, 0.3) is 0 Å². The molecule has 0 unspecified atom stereocenters. The number of amides is 1. The van der Waals surface area contributed by atoms with Gasteiger partial charge >= 0.3 is 0 Å². The van der Waals surface area contributed by atoms with Crippen molar-refractivity contribution in [2.45, 2.75) is 18.9 Å². The molecule has 0 saturated carbocycles. The van der Waals surface area contributed by atoms with Gasteiger partial charge in [0, 0.05) is 32.2 Å². The number of benzene rings is 2. The molecule has 4 heteroatoms. The Kier molecular flexibility index (Phi) is 7.33. The van der Waals surface area contributed by atoms with Gasteiger partial charge in [-0.05, 0) is 23.3 Å². The molecule has 4 nitrogen and oxygen atoms in total. The minimum atomic E-state index is 0.0173.